The maximum atomic E-state index is 11.1. The molecule has 1 heterocycles. The highest BCUT2D eigenvalue weighted by Crippen LogP contribution is 2.18. The summed E-state index contributed by atoms with van der Waals surface area (Å²) in [4.78, 5) is 14.9. The average Bonchev–Trinajstić information content (AvgIpc) is 2.95. The smallest absolute Gasteiger partial charge is 0.319 e. The Labute approximate surface area is 257 Å². The van der Waals surface area contributed by atoms with E-state index in [4.69, 9.17) is 40.4 Å². The number of urea groups is 1. The molecule has 2 aromatic carbocycles. The van der Waals surface area contributed by atoms with Gasteiger partial charge in [0.15, 0.2) is 0 Å². The highest BCUT2D eigenvalue weighted by Gasteiger charge is 2.02. The van der Waals surface area contributed by atoms with Crippen molar-refractivity contribution < 1.29 is 4.79 Å². The summed E-state index contributed by atoms with van der Waals surface area (Å²) in [5, 5.41) is 5.62. The minimum atomic E-state index is -0.300. The number of unbranched alkanes of at least 4 members (excludes halogenated alkanes) is 1. The number of carbonyl (C=O) groups is 1. The minimum absolute atomic E-state index is 0.240. The van der Waals surface area contributed by atoms with Crippen LogP contribution in [0.4, 0.5) is 10.5 Å². The second-order valence-electron chi connectivity index (χ2n) is 8.56. The van der Waals surface area contributed by atoms with Crippen molar-refractivity contribution in [3.63, 3.8) is 0 Å². The van der Waals surface area contributed by atoms with Crippen molar-refractivity contribution in [2.75, 3.05) is 18.4 Å². The largest absolute Gasteiger partial charge is 0.403 e. The van der Waals surface area contributed by atoms with Crippen molar-refractivity contribution in [3.05, 3.63) is 100 Å². The van der Waals surface area contributed by atoms with Crippen molar-refractivity contribution in [2.45, 2.75) is 66.7 Å². The van der Waals surface area contributed by atoms with Crippen molar-refractivity contribution in [1.29, 1.82) is 0 Å². The highest BCUT2D eigenvalue weighted by atomic mass is 35.5. The van der Waals surface area contributed by atoms with E-state index in [-0.39, 0.29) is 16.3 Å². The third-order valence-corrected chi connectivity index (χ3v) is 4.97. The lowest BCUT2D eigenvalue weighted by molar-refractivity contribution is 0.252. The normalized spacial score (nSPS) is 9.61. The van der Waals surface area contributed by atoms with E-state index in [1.165, 1.54) is 56.0 Å². The molecule has 0 aliphatic heterocycles. The zero-order chi connectivity index (χ0) is 31.3. The van der Waals surface area contributed by atoms with E-state index in [1.54, 1.807) is 0 Å². The maximum Gasteiger partial charge on any atom is 0.319 e. The molecule has 0 aliphatic rings. The second kappa shape index (κ2) is 28.3. The van der Waals surface area contributed by atoms with Gasteiger partial charge in [-0.2, -0.15) is 0 Å². The van der Waals surface area contributed by atoms with Gasteiger partial charge in [-0.15, -0.1) is 0 Å². The van der Waals surface area contributed by atoms with Gasteiger partial charge in [0.25, 0.3) is 0 Å². The molecular formula is C32H50Cl2N6O. The van der Waals surface area contributed by atoms with Crippen LogP contribution in [0.25, 0.3) is 5.70 Å². The number of nitrogens with two attached hydrogens (primary N) is 3. The molecule has 7 nitrogen and oxygen atoms in total. The Morgan fingerprint density at radius 1 is 0.878 bits per heavy atom. The minimum Gasteiger partial charge on any atom is -0.403 e. The van der Waals surface area contributed by atoms with Crippen molar-refractivity contribution >= 4 is 40.6 Å². The van der Waals surface area contributed by atoms with E-state index in [1.807, 2.05) is 37.3 Å². The summed E-state index contributed by atoms with van der Waals surface area (Å²) >= 11 is 11.3. The third-order valence-electron chi connectivity index (χ3n) is 4.58. The van der Waals surface area contributed by atoms with Crippen LogP contribution in [0.2, 0.25) is 10.3 Å². The number of aromatic nitrogens is 1. The molecule has 41 heavy (non-hydrogen) atoms. The Morgan fingerprint density at radius 3 is 1.78 bits per heavy atom. The zero-order valence-corrected chi connectivity index (χ0v) is 26.8. The summed E-state index contributed by atoms with van der Waals surface area (Å²) in [6.45, 7) is 11.8. The number of aryl methyl sites for hydroxylation is 1. The van der Waals surface area contributed by atoms with E-state index < -0.39 is 0 Å². The van der Waals surface area contributed by atoms with Gasteiger partial charge in [0.05, 0.1) is 5.70 Å². The van der Waals surface area contributed by atoms with E-state index >= 15 is 0 Å². The Kier molecular flexibility index (Phi) is 27.5. The molecule has 1 aromatic heterocycles. The SMILES string of the molecule is CCC.CCCCN.CCCc1ccccc1.CCNC(=O)Nc1cc(Cl)nc(Cl)c1.N/C=C(\N)c1ccccc1. The van der Waals surface area contributed by atoms with Crippen LogP contribution in [0, 0.1) is 0 Å². The van der Waals surface area contributed by atoms with Gasteiger partial charge in [-0.1, -0.05) is 131 Å². The van der Waals surface area contributed by atoms with Crippen LogP contribution < -0.4 is 27.8 Å². The van der Waals surface area contributed by atoms with Gasteiger partial charge < -0.3 is 27.8 Å². The molecule has 0 atom stereocenters. The van der Waals surface area contributed by atoms with Crippen LogP contribution in [-0.4, -0.2) is 24.1 Å². The molecule has 2 amide bonds. The van der Waals surface area contributed by atoms with Crippen LogP contribution in [0.3, 0.4) is 0 Å². The summed E-state index contributed by atoms with van der Waals surface area (Å²) in [5.74, 6) is 0. The zero-order valence-electron chi connectivity index (χ0n) is 25.3. The summed E-state index contributed by atoms with van der Waals surface area (Å²) in [6.07, 6.45) is 7.48. The fourth-order valence-electron chi connectivity index (χ4n) is 2.74. The topological polar surface area (TPSA) is 132 Å². The molecule has 8 N–H and O–H groups in total. The first-order valence-corrected chi connectivity index (χ1v) is 14.8. The molecule has 0 spiro atoms. The quantitative estimate of drug-likeness (QED) is 0.173. The van der Waals surface area contributed by atoms with E-state index in [0.29, 0.717) is 17.9 Å². The van der Waals surface area contributed by atoms with Crippen LogP contribution in [0.15, 0.2) is 79.0 Å². The van der Waals surface area contributed by atoms with Gasteiger partial charge in [-0.3, -0.25) is 0 Å². The fraction of sp³-hybridized carbons (Fsp3) is 0.375. The van der Waals surface area contributed by atoms with Crippen LogP contribution in [-0.2, 0) is 6.42 Å². The molecule has 0 fully saturated rings. The van der Waals surface area contributed by atoms with Crippen LogP contribution >= 0.6 is 23.2 Å². The first-order valence-electron chi connectivity index (χ1n) is 14.1. The molecule has 0 radical (unpaired) electrons. The first kappa shape index (κ1) is 39.9. The van der Waals surface area contributed by atoms with Crippen molar-refractivity contribution in [2.24, 2.45) is 17.2 Å². The van der Waals surface area contributed by atoms with Crippen LogP contribution in [0.5, 0.6) is 0 Å². The second-order valence-corrected chi connectivity index (χ2v) is 9.33. The lowest BCUT2D eigenvalue weighted by Crippen LogP contribution is -2.28. The van der Waals surface area contributed by atoms with Crippen LogP contribution in [0.1, 0.15) is 71.4 Å². The maximum absolute atomic E-state index is 11.1. The number of nitrogens with one attached hydrogen (secondary N) is 2. The molecule has 0 saturated heterocycles. The van der Waals surface area contributed by atoms with E-state index in [9.17, 15) is 4.79 Å². The molecule has 9 heteroatoms. The molecule has 3 aromatic rings. The van der Waals surface area contributed by atoms with Gasteiger partial charge in [0.1, 0.15) is 10.3 Å². The van der Waals surface area contributed by atoms with Gasteiger partial charge >= 0.3 is 6.03 Å². The number of carbonyl (C=O) groups excluding carboxylic acids is 1. The summed E-state index contributed by atoms with van der Waals surface area (Å²) < 4.78 is 0. The number of halogens is 2. The summed E-state index contributed by atoms with van der Waals surface area (Å²) in [7, 11) is 0. The predicted octanol–water partition coefficient (Wildman–Crippen LogP) is 8.23. The first-order chi connectivity index (χ1) is 19.7. The number of hydrogen-bond donors (Lipinski definition) is 5. The van der Waals surface area contributed by atoms with Crippen molar-refractivity contribution in [3.8, 4) is 0 Å². The number of hydrogen-bond acceptors (Lipinski definition) is 5. The molecule has 3 rings (SSSR count). The average molecular weight is 606 g/mol. The molecule has 0 bridgehead atoms. The molecule has 0 unspecified atom stereocenters. The van der Waals surface area contributed by atoms with Crippen molar-refractivity contribution in [1.82, 2.24) is 10.3 Å². The monoisotopic (exact) mass is 604 g/mol. The Balaban J connectivity index is 0. The highest BCUT2D eigenvalue weighted by molar-refractivity contribution is 6.32. The molecule has 228 valence electrons. The van der Waals surface area contributed by atoms with Gasteiger partial charge in [-0.05, 0) is 49.6 Å². The summed E-state index contributed by atoms with van der Waals surface area (Å²) in [6, 6.07) is 22.9. The molecule has 0 saturated carbocycles. The number of pyridine rings is 1. The van der Waals surface area contributed by atoms with E-state index in [2.05, 4.69) is 73.6 Å². The number of benzene rings is 2. The molecule has 0 aliphatic carbocycles. The number of anilines is 1. The Morgan fingerprint density at radius 2 is 1.39 bits per heavy atom. The van der Waals surface area contributed by atoms with Gasteiger partial charge in [-0.25, -0.2) is 9.78 Å². The van der Waals surface area contributed by atoms with Gasteiger partial charge in [0.2, 0.25) is 0 Å². The van der Waals surface area contributed by atoms with E-state index in [0.717, 1.165) is 12.1 Å². The number of nitrogens with zero attached hydrogens (tertiary/aromatic N) is 1. The number of rotatable bonds is 7. The Bertz CT molecular complexity index is 1030. The lowest BCUT2D eigenvalue weighted by atomic mass is 10.1. The summed E-state index contributed by atoms with van der Waals surface area (Å²) in [5.41, 5.74) is 19.4. The Hall–Kier alpha value is -3.26. The number of amides is 2. The predicted molar refractivity (Wildman–Crippen MR) is 180 cm³/mol. The fourth-order valence-corrected chi connectivity index (χ4v) is 3.20. The standard InChI is InChI=1S/C9H12.C8H9Cl2N3O.C8H10N2.C4H11N.C3H8/c1-2-6-9-7-4-3-5-8-9;1-2-11-8(14)12-5-3-6(9)13-7(10)4-5;9-6-8(10)7-4-2-1-3-5-7;1-2-3-4-5;1-3-2/h3-5,7-8H,2,6H2,1H3;3-4H,2H2,1H3,(H2,11,12,13,14);1-6H,9-10H2;2-5H2,1H3;3H2,1-2H3/b;;8-6-;;. The third kappa shape index (κ3) is 24.3. The lowest BCUT2D eigenvalue weighted by Gasteiger charge is -2.05. The van der Waals surface area contributed by atoms with Gasteiger partial charge in [0, 0.05) is 18.4 Å². The molecular weight excluding hydrogens is 555 g/mol.